The van der Waals surface area contributed by atoms with Crippen LogP contribution in [0.25, 0.3) is 0 Å². The van der Waals surface area contributed by atoms with Crippen molar-refractivity contribution in [1.82, 2.24) is 4.90 Å². The van der Waals surface area contributed by atoms with Crippen LogP contribution in [0.5, 0.6) is 5.75 Å². The van der Waals surface area contributed by atoms with Crippen LogP contribution < -0.4 is 4.74 Å². The van der Waals surface area contributed by atoms with Crippen LogP contribution >= 0.6 is 0 Å². The van der Waals surface area contributed by atoms with Crippen molar-refractivity contribution in [2.24, 2.45) is 5.92 Å². The predicted molar refractivity (Wildman–Crippen MR) is 80.7 cm³/mol. The lowest BCUT2D eigenvalue weighted by Gasteiger charge is -2.33. The van der Waals surface area contributed by atoms with E-state index in [0.29, 0.717) is 19.1 Å². The Hall–Kier alpha value is -1.51. The van der Waals surface area contributed by atoms with Gasteiger partial charge in [0.2, 0.25) is 5.91 Å². The quantitative estimate of drug-likeness (QED) is 0.823. The van der Waals surface area contributed by atoms with E-state index in [1.54, 1.807) is 0 Å². The average molecular weight is 275 g/mol. The minimum absolute atomic E-state index is 0.195. The maximum atomic E-state index is 12.2. The third kappa shape index (κ3) is 4.26. The van der Waals surface area contributed by atoms with Gasteiger partial charge < -0.3 is 9.64 Å². The van der Waals surface area contributed by atoms with E-state index in [0.717, 1.165) is 24.5 Å². The molecule has 3 heteroatoms. The number of carbonyl (C=O) groups excluding carboxylic acids is 1. The lowest BCUT2D eigenvalue weighted by atomic mass is 9.86. The number of nitrogens with zero attached hydrogens (tertiary/aromatic N) is 1. The first-order chi connectivity index (χ1) is 9.66. The van der Waals surface area contributed by atoms with Gasteiger partial charge in [-0.15, -0.1) is 0 Å². The Kier molecular flexibility index (Phi) is 5.45. The van der Waals surface area contributed by atoms with Crippen LogP contribution in [-0.2, 0) is 4.79 Å². The zero-order chi connectivity index (χ0) is 14.4. The molecule has 1 saturated carbocycles. The molecule has 0 heterocycles. The normalized spacial score (nSPS) is 22.3. The molecule has 1 aliphatic rings. The first-order valence-corrected chi connectivity index (χ1v) is 7.60. The van der Waals surface area contributed by atoms with Crippen molar-refractivity contribution in [2.45, 2.75) is 45.1 Å². The zero-order valence-electron chi connectivity index (χ0n) is 12.5. The summed E-state index contributed by atoms with van der Waals surface area (Å²) < 4.78 is 5.58. The number of hydrogen-bond acceptors (Lipinski definition) is 2. The first-order valence-electron chi connectivity index (χ1n) is 7.60. The van der Waals surface area contributed by atoms with E-state index in [1.807, 2.05) is 42.3 Å². The second kappa shape index (κ2) is 7.32. The molecule has 0 spiro atoms. The molecular formula is C17H25NO2. The summed E-state index contributed by atoms with van der Waals surface area (Å²) >= 11 is 0. The summed E-state index contributed by atoms with van der Waals surface area (Å²) in [5.41, 5.74) is 0. The Labute approximate surface area is 121 Å². The van der Waals surface area contributed by atoms with E-state index < -0.39 is 0 Å². The van der Waals surface area contributed by atoms with Crippen LogP contribution in [0.2, 0.25) is 0 Å². The number of hydrogen-bond donors (Lipinski definition) is 0. The lowest BCUT2D eigenvalue weighted by Crippen LogP contribution is -2.39. The minimum atomic E-state index is 0.195. The fourth-order valence-electron chi connectivity index (χ4n) is 2.78. The molecule has 0 radical (unpaired) electrons. The smallest absolute Gasteiger partial charge is 0.225 e. The van der Waals surface area contributed by atoms with Crippen LogP contribution in [0.15, 0.2) is 30.3 Å². The molecule has 1 aromatic rings. The maximum absolute atomic E-state index is 12.2. The molecule has 2 rings (SSSR count). The summed E-state index contributed by atoms with van der Waals surface area (Å²) in [7, 11) is 1.94. The van der Waals surface area contributed by atoms with Gasteiger partial charge in [-0.1, -0.05) is 25.1 Å². The fourth-order valence-corrected chi connectivity index (χ4v) is 2.78. The average Bonchev–Trinajstić information content (AvgIpc) is 2.48. The van der Waals surface area contributed by atoms with Gasteiger partial charge in [0.15, 0.2) is 0 Å². The third-order valence-electron chi connectivity index (χ3n) is 4.25. The second-order valence-electron chi connectivity index (χ2n) is 5.83. The van der Waals surface area contributed by atoms with Crippen molar-refractivity contribution >= 4 is 5.91 Å². The molecule has 1 amide bonds. The highest BCUT2D eigenvalue weighted by atomic mass is 16.5. The molecule has 1 aromatic carbocycles. The molecule has 0 bridgehead atoms. The van der Waals surface area contributed by atoms with E-state index in [2.05, 4.69) is 6.92 Å². The van der Waals surface area contributed by atoms with Crippen LogP contribution in [0.1, 0.15) is 39.0 Å². The molecule has 1 fully saturated rings. The predicted octanol–water partition coefficient (Wildman–Crippen LogP) is 3.49. The molecule has 0 atom stereocenters. The van der Waals surface area contributed by atoms with E-state index >= 15 is 0 Å². The summed E-state index contributed by atoms with van der Waals surface area (Å²) in [6, 6.07) is 10.1. The number of benzene rings is 1. The molecule has 0 unspecified atom stereocenters. The molecular weight excluding hydrogens is 250 g/mol. The van der Waals surface area contributed by atoms with E-state index in [-0.39, 0.29) is 5.91 Å². The topological polar surface area (TPSA) is 29.5 Å². The molecule has 0 N–H and O–H groups in total. The largest absolute Gasteiger partial charge is 0.493 e. The Balaban J connectivity index is 1.71. The molecule has 0 saturated heterocycles. The van der Waals surface area contributed by atoms with Crippen molar-refractivity contribution < 1.29 is 9.53 Å². The van der Waals surface area contributed by atoms with Gasteiger partial charge >= 0.3 is 0 Å². The molecule has 1 aliphatic carbocycles. The van der Waals surface area contributed by atoms with Gasteiger partial charge in [0.25, 0.3) is 0 Å². The highest BCUT2D eigenvalue weighted by molar-refractivity contribution is 5.76. The minimum Gasteiger partial charge on any atom is -0.493 e. The summed E-state index contributed by atoms with van der Waals surface area (Å²) in [6.45, 7) is 2.75. The SMILES string of the molecule is CC1CCC(N(C)C(=O)CCOc2ccccc2)CC1. The molecule has 3 nitrogen and oxygen atoms in total. The highest BCUT2D eigenvalue weighted by Gasteiger charge is 2.24. The monoisotopic (exact) mass is 275 g/mol. The van der Waals surface area contributed by atoms with Gasteiger partial charge in [-0.2, -0.15) is 0 Å². The Bertz CT molecular complexity index is 410. The number of amides is 1. The van der Waals surface area contributed by atoms with Crippen LogP contribution in [-0.4, -0.2) is 30.5 Å². The van der Waals surface area contributed by atoms with Crippen molar-refractivity contribution in [3.8, 4) is 5.75 Å². The Morgan fingerprint density at radius 3 is 2.50 bits per heavy atom. The van der Waals surface area contributed by atoms with E-state index in [1.165, 1.54) is 12.8 Å². The molecule has 110 valence electrons. The van der Waals surface area contributed by atoms with Gasteiger partial charge in [0, 0.05) is 13.1 Å². The number of carbonyl (C=O) groups is 1. The summed E-state index contributed by atoms with van der Waals surface area (Å²) in [6.07, 6.45) is 5.22. The highest BCUT2D eigenvalue weighted by Crippen LogP contribution is 2.26. The first kappa shape index (κ1) is 14.9. The Morgan fingerprint density at radius 1 is 1.20 bits per heavy atom. The van der Waals surface area contributed by atoms with Gasteiger partial charge in [0.1, 0.15) is 5.75 Å². The zero-order valence-corrected chi connectivity index (χ0v) is 12.5. The Morgan fingerprint density at radius 2 is 1.85 bits per heavy atom. The van der Waals surface area contributed by atoms with Crippen LogP contribution in [0, 0.1) is 5.92 Å². The van der Waals surface area contributed by atoms with E-state index in [9.17, 15) is 4.79 Å². The van der Waals surface area contributed by atoms with Crippen LogP contribution in [0.3, 0.4) is 0 Å². The number of para-hydroxylation sites is 1. The summed E-state index contributed by atoms with van der Waals surface area (Å²) in [4.78, 5) is 14.1. The van der Waals surface area contributed by atoms with Gasteiger partial charge in [-0.05, 0) is 43.7 Å². The van der Waals surface area contributed by atoms with E-state index in [4.69, 9.17) is 4.74 Å². The lowest BCUT2D eigenvalue weighted by molar-refractivity contribution is -0.133. The van der Waals surface area contributed by atoms with Crippen LogP contribution in [0.4, 0.5) is 0 Å². The van der Waals surface area contributed by atoms with Gasteiger partial charge in [-0.3, -0.25) is 4.79 Å². The maximum Gasteiger partial charge on any atom is 0.225 e. The summed E-state index contributed by atoms with van der Waals surface area (Å²) in [5, 5.41) is 0. The van der Waals surface area contributed by atoms with Gasteiger partial charge in [-0.25, -0.2) is 0 Å². The standard InChI is InChI=1S/C17H25NO2/c1-14-8-10-15(11-9-14)18(2)17(19)12-13-20-16-6-4-3-5-7-16/h3-7,14-15H,8-13H2,1-2H3. The summed E-state index contributed by atoms with van der Waals surface area (Å²) in [5.74, 6) is 1.84. The fraction of sp³-hybridized carbons (Fsp3) is 0.588. The number of ether oxygens (including phenoxy) is 1. The number of rotatable bonds is 5. The van der Waals surface area contributed by atoms with Crippen molar-refractivity contribution in [3.63, 3.8) is 0 Å². The molecule has 20 heavy (non-hydrogen) atoms. The second-order valence-corrected chi connectivity index (χ2v) is 5.83. The molecule has 0 aliphatic heterocycles. The molecule has 0 aromatic heterocycles. The van der Waals surface area contributed by atoms with Crippen molar-refractivity contribution in [2.75, 3.05) is 13.7 Å². The third-order valence-corrected chi connectivity index (χ3v) is 4.25. The van der Waals surface area contributed by atoms with Crippen molar-refractivity contribution in [1.29, 1.82) is 0 Å². The van der Waals surface area contributed by atoms with Crippen molar-refractivity contribution in [3.05, 3.63) is 30.3 Å². The van der Waals surface area contributed by atoms with Gasteiger partial charge in [0.05, 0.1) is 13.0 Å².